The van der Waals surface area contributed by atoms with Gasteiger partial charge in [-0.05, 0) is 49.6 Å². The molecule has 0 aliphatic carbocycles. The summed E-state index contributed by atoms with van der Waals surface area (Å²) < 4.78 is 26.9. The van der Waals surface area contributed by atoms with Gasteiger partial charge in [0.15, 0.2) is 0 Å². The fourth-order valence-electron chi connectivity index (χ4n) is 2.83. The number of carbonyl (C=O) groups is 1. The van der Waals surface area contributed by atoms with E-state index in [1.807, 2.05) is 13.0 Å². The molecule has 24 heavy (non-hydrogen) atoms. The van der Waals surface area contributed by atoms with Crippen molar-refractivity contribution in [3.05, 3.63) is 54.2 Å². The van der Waals surface area contributed by atoms with Crippen LogP contribution in [0, 0.1) is 6.92 Å². The van der Waals surface area contributed by atoms with Crippen LogP contribution in [0.1, 0.15) is 18.4 Å². The van der Waals surface area contributed by atoms with Crippen molar-refractivity contribution in [2.24, 2.45) is 0 Å². The Bertz CT molecular complexity index is 837. The highest BCUT2D eigenvalue weighted by molar-refractivity contribution is 7.89. The van der Waals surface area contributed by atoms with E-state index in [9.17, 15) is 13.2 Å². The van der Waals surface area contributed by atoms with E-state index in [-0.39, 0.29) is 10.8 Å². The molecule has 1 aliphatic rings. The number of anilines is 1. The Morgan fingerprint density at radius 1 is 1.25 bits per heavy atom. The summed E-state index contributed by atoms with van der Waals surface area (Å²) in [6.45, 7) is 2.25. The third-order valence-corrected chi connectivity index (χ3v) is 5.95. The maximum Gasteiger partial charge on any atom is 0.243 e. The Labute approximate surface area is 141 Å². The Morgan fingerprint density at radius 2 is 2.00 bits per heavy atom. The van der Waals surface area contributed by atoms with E-state index in [1.54, 1.807) is 42.6 Å². The zero-order valence-electron chi connectivity index (χ0n) is 13.3. The second kappa shape index (κ2) is 6.70. The zero-order valence-corrected chi connectivity index (χ0v) is 14.2. The Balaban J connectivity index is 1.81. The van der Waals surface area contributed by atoms with Crippen LogP contribution in [0.15, 0.2) is 53.6 Å². The lowest BCUT2D eigenvalue weighted by molar-refractivity contribution is -0.119. The number of amides is 1. The third kappa shape index (κ3) is 3.32. The highest BCUT2D eigenvalue weighted by Gasteiger charge is 2.39. The average molecular weight is 345 g/mol. The first-order valence-corrected chi connectivity index (χ1v) is 9.23. The number of carbonyl (C=O) groups excluding carboxylic acids is 1. The number of hydrogen-bond acceptors (Lipinski definition) is 4. The molecule has 1 aromatic carbocycles. The van der Waals surface area contributed by atoms with Crippen LogP contribution in [-0.4, -0.2) is 36.2 Å². The molecular weight excluding hydrogens is 326 g/mol. The second-order valence-electron chi connectivity index (χ2n) is 5.79. The molecule has 1 aromatic heterocycles. The van der Waals surface area contributed by atoms with Gasteiger partial charge in [0, 0.05) is 12.7 Å². The molecule has 1 atom stereocenters. The summed E-state index contributed by atoms with van der Waals surface area (Å²) in [6, 6.07) is 11.1. The van der Waals surface area contributed by atoms with E-state index in [0.29, 0.717) is 25.2 Å². The first-order chi connectivity index (χ1) is 11.5. The monoisotopic (exact) mass is 345 g/mol. The van der Waals surface area contributed by atoms with E-state index in [1.165, 1.54) is 4.31 Å². The number of nitrogens with one attached hydrogen (secondary N) is 1. The molecule has 0 spiro atoms. The molecule has 3 rings (SSSR count). The molecule has 1 amide bonds. The molecule has 1 aliphatic heterocycles. The van der Waals surface area contributed by atoms with Crippen molar-refractivity contribution in [2.75, 3.05) is 11.9 Å². The summed E-state index contributed by atoms with van der Waals surface area (Å²) in [5.41, 5.74) is 0.973. The normalized spacial score (nSPS) is 18.5. The van der Waals surface area contributed by atoms with Crippen molar-refractivity contribution in [3.63, 3.8) is 0 Å². The largest absolute Gasteiger partial charge is 0.309 e. The number of hydrogen-bond donors (Lipinski definition) is 1. The number of sulfonamides is 1. The molecule has 2 heterocycles. The minimum absolute atomic E-state index is 0.207. The molecule has 126 valence electrons. The fourth-order valence-corrected chi connectivity index (χ4v) is 4.51. The standard InChI is InChI=1S/C17H19N3O3S/c1-13-9-10-18-16(12-13)19-17(21)15-8-5-11-20(15)24(22,23)14-6-3-2-4-7-14/h2-4,6-7,9-10,12,15H,5,8,11H2,1H3,(H,18,19,21)/t15-/m0/s1. The first-order valence-electron chi connectivity index (χ1n) is 7.79. The summed E-state index contributed by atoms with van der Waals surface area (Å²) in [7, 11) is -3.68. The van der Waals surface area contributed by atoms with Crippen LogP contribution in [0.2, 0.25) is 0 Å². The van der Waals surface area contributed by atoms with Crippen LogP contribution in [-0.2, 0) is 14.8 Å². The molecule has 2 aromatic rings. The van der Waals surface area contributed by atoms with Gasteiger partial charge >= 0.3 is 0 Å². The summed E-state index contributed by atoms with van der Waals surface area (Å²) in [5.74, 6) is 0.0917. The second-order valence-corrected chi connectivity index (χ2v) is 7.69. The van der Waals surface area contributed by atoms with Crippen molar-refractivity contribution in [1.82, 2.24) is 9.29 Å². The van der Waals surface area contributed by atoms with Gasteiger partial charge in [-0.3, -0.25) is 4.79 Å². The molecule has 0 radical (unpaired) electrons. The first kappa shape index (κ1) is 16.6. The van der Waals surface area contributed by atoms with E-state index in [0.717, 1.165) is 5.56 Å². The Morgan fingerprint density at radius 3 is 2.71 bits per heavy atom. The number of rotatable bonds is 4. The van der Waals surface area contributed by atoms with Crippen molar-refractivity contribution in [1.29, 1.82) is 0 Å². The predicted molar refractivity (Wildman–Crippen MR) is 91.0 cm³/mol. The van der Waals surface area contributed by atoms with Gasteiger partial charge in [-0.15, -0.1) is 0 Å². The lowest BCUT2D eigenvalue weighted by Crippen LogP contribution is -2.43. The highest BCUT2D eigenvalue weighted by atomic mass is 32.2. The van der Waals surface area contributed by atoms with Crippen LogP contribution in [0.4, 0.5) is 5.82 Å². The maximum atomic E-state index is 12.8. The predicted octanol–water partition coefficient (Wildman–Crippen LogP) is 2.18. The lowest BCUT2D eigenvalue weighted by atomic mass is 10.2. The molecule has 0 bridgehead atoms. The number of nitrogens with zero attached hydrogens (tertiary/aromatic N) is 2. The number of benzene rings is 1. The minimum Gasteiger partial charge on any atom is -0.309 e. The van der Waals surface area contributed by atoms with Crippen molar-refractivity contribution >= 4 is 21.7 Å². The van der Waals surface area contributed by atoms with Gasteiger partial charge in [-0.2, -0.15) is 4.31 Å². The summed E-state index contributed by atoms with van der Waals surface area (Å²) in [6.07, 6.45) is 2.77. The third-order valence-electron chi connectivity index (χ3n) is 4.02. The molecule has 0 unspecified atom stereocenters. The molecule has 1 saturated heterocycles. The van der Waals surface area contributed by atoms with Crippen molar-refractivity contribution < 1.29 is 13.2 Å². The van der Waals surface area contributed by atoms with Crippen LogP contribution >= 0.6 is 0 Å². The number of aromatic nitrogens is 1. The van der Waals surface area contributed by atoms with Crippen LogP contribution in [0.5, 0.6) is 0 Å². The topological polar surface area (TPSA) is 79.4 Å². The van der Waals surface area contributed by atoms with Gasteiger partial charge in [0.1, 0.15) is 11.9 Å². The van der Waals surface area contributed by atoms with Gasteiger partial charge < -0.3 is 5.32 Å². The van der Waals surface area contributed by atoms with Gasteiger partial charge in [0.25, 0.3) is 0 Å². The van der Waals surface area contributed by atoms with E-state index < -0.39 is 16.1 Å². The van der Waals surface area contributed by atoms with Crippen LogP contribution in [0.3, 0.4) is 0 Å². The molecule has 7 heteroatoms. The quantitative estimate of drug-likeness (QED) is 0.921. The van der Waals surface area contributed by atoms with E-state index in [4.69, 9.17) is 0 Å². The Kier molecular flexibility index (Phi) is 4.64. The molecule has 1 fully saturated rings. The maximum absolute atomic E-state index is 12.8. The smallest absolute Gasteiger partial charge is 0.243 e. The average Bonchev–Trinajstić information content (AvgIpc) is 3.06. The van der Waals surface area contributed by atoms with Gasteiger partial charge in [0.2, 0.25) is 15.9 Å². The molecule has 1 N–H and O–H groups in total. The van der Waals surface area contributed by atoms with Gasteiger partial charge in [0.05, 0.1) is 4.90 Å². The fraction of sp³-hybridized carbons (Fsp3) is 0.294. The summed E-state index contributed by atoms with van der Waals surface area (Å²) in [5, 5.41) is 2.72. The zero-order chi connectivity index (χ0) is 17.2. The van der Waals surface area contributed by atoms with Crippen LogP contribution < -0.4 is 5.32 Å². The van der Waals surface area contributed by atoms with Gasteiger partial charge in [-0.25, -0.2) is 13.4 Å². The lowest BCUT2D eigenvalue weighted by Gasteiger charge is -2.23. The van der Waals surface area contributed by atoms with E-state index >= 15 is 0 Å². The van der Waals surface area contributed by atoms with Crippen molar-refractivity contribution in [3.8, 4) is 0 Å². The number of aryl methyl sites for hydroxylation is 1. The summed E-state index contributed by atoms with van der Waals surface area (Å²) in [4.78, 5) is 16.9. The van der Waals surface area contributed by atoms with Crippen LogP contribution in [0.25, 0.3) is 0 Å². The highest BCUT2D eigenvalue weighted by Crippen LogP contribution is 2.26. The van der Waals surface area contributed by atoms with Gasteiger partial charge in [-0.1, -0.05) is 18.2 Å². The molecular formula is C17H19N3O3S. The minimum atomic E-state index is -3.68. The van der Waals surface area contributed by atoms with E-state index in [2.05, 4.69) is 10.3 Å². The summed E-state index contributed by atoms with van der Waals surface area (Å²) >= 11 is 0. The molecule has 0 saturated carbocycles. The SMILES string of the molecule is Cc1ccnc(NC(=O)[C@@H]2CCCN2S(=O)(=O)c2ccccc2)c1. The molecule has 6 nitrogen and oxygen atoms in total. The Hall–Kier alpha value is -2.25. The van der Waals surface area contributed by atoms with Crippen molar-refractivity contribution in [2.45, 2.75) is 30.7 Å². The number of pyridine rings is 1.